The lowest BCUT2D eigenvalue weighted by Gasteiger charge is -2.31. The Morgan fingerprint density at radius 1 is 1.21 bits per heavy atom. The van der Waals surface area contributed by atoms with Crippen LogP contribution in [-0.4, -0.2) is 26.8 Å². The standard InChI is InChI=1S/C15H23NO2S/c1-12-7-3-4-8-13(12)11-19(17,18)15-10-6-5-9-14(15)16-2/h3-4,7-8,14-16H,5-6,9-11H2,1-2H3. The molecule has 1 fully saturated rings. The number of aryl methyl sites for hydroxylation is 1. The second kappa shape index (κ2) is 6.06. The van der Waals surface area contributed by atoms with Gasteiger partial charge in [-0.15, -0.1) is 0 Å². The fourth-order valence-corrected chi connectivity index (χ4v) is 5.22. The summed E-state index contributed by atoms with van der Waals surface area (Å²) < 4.78 is 25.3. The zero-order valence-corrected chi connectivity index (χ0v) is 12.5. The third-order valence-corrected chi connectivity index (χ3v) is 6.35. The van der Waals surface area contributed by atoms with Crippen LogP contribution in [0.4, 0.5) is 0 Å². The molecular formula is C15H23NO2S. The van der Waals surface area contributed by atoms with Gasteiger partial charge < -0.3 is 5.32 Å². The lowest BCUT2D eigenvalue weighted by Crippen LogP contribution is -2.45. The number of benzene rings is 1. The van der Waals surface area contributed by atoms with E-state index in [9.17, 15) is 8.42 Å². The molecule has 0 bridgehead atoms. The van der Waals surface area contributed by atoms with E-state index in [-0.39, 0.29) is 17.0 Å². The summed E-state index contributed by atoms with van der Waals surface area (Å²) in [7, 11) is -1.22. The number of hydrogen-bond donors (Lipinski definition) is 1. The van der Waals surface area contributed by atoms with Crippen molar-refractivity contribution in [3.8, 4) is 0 Å². The number of rotatable bonds is 4. The largest absolute Gasteiger partial charge is 0.316 e. The first kappa shape index (κ1) is 14.5. The van der Waals surface area contributed by atoms with Crippen molar-refractivity contribution in [2.75, 3.05) is 7.05 Å². The van der Waals surface area contributed by atoms with Gasteiger partial charge in [0.2, 0.25) is 0 Å². The molecule has 0 radical (unpaired) electrons. The van der Waals surface area contributed by atoms with Crippen LogP contribution in [-0.2, 0) is 15.6 Å². The monoisotopic (exact) mass is 281 g/mol. The van der Waals surface area contributed by atoms with Gasteiger partial charge in [-0.1, -0.05) is 37.1 Å². The smallest absolute Gasteiger partial charge is 0.158 e. The van der Waals surface area contributed by atoms with E-state index in [1.54, 1.807) is 0 Å². The van der Waals surface area contributed by atoms with Gasteiger partial charge in [-0.3, -0.25) is 0 Å². The average Bonchev–Trinajstić information content (AvgIpc) is 2.41. The van der Waals surface area contributed by atoms with Gasteiger partial charge in [0.15, 0.2) is 9.84 Å². The normalized spacial score (nSPS) is 24.3. The third-order valence-electron chi connectivity index (χ3n) is 4.15. The molecule has 0 spiro atoms. The van der Waals surface area contributed by atoms with Crippen molar-refractivity contribution in [1.29, 1.82) is 0 Å². The summed E-state index contributed by atoms with van der Waals surface area (Å²) in [5, 5.41) is 2.95. The van der Waals surface area contributed by atoms with Gasteiger partial charge in [-0.25, -0.2) is 8.42 Å². The van der Waals surface area contributed by atoms with Crippen LogP contribution < -0.4 is 5.32 Å². The van der Waals surface area contributed by atoms with E-state index in [0.717, 1.165) is 36.8 Å². The van der Waals surface area contributed by atoms with E-state index in [1.165, 1.54) is 0 Å². The van der Waals surface area contributed by atoms with Crippen LogP contribution in [0, 0.1) is 6.92 Å². The van der Waals surface area contributed by atoms with Crippen LogP contribution in [0.1, 0.15) is 36.8 Å². The lowest BCUT2D eigenvalue weighted by molar-refractivity contribution is 0.389. The van der Waals surface area contributed by atoms with E-state index in [1.807, 2.05) is 38.2 Å². The van der Waals surface area contributed by atoms with E-state index in [4.69, 9.17) is 0 Å². The van der Waals surface area contributed by atoms with Crippen molar-refractivity contribution in [2.24, 2.45) is 0 Å². The summed E-state index contributed by atoms with van der Waals surface area (Å²) in [6.07, 6.45) is 3.91. The van der Waals surface area contributed by atoms with Crippen LogP contribution in [0.25, 0.3) is 0 Å². The molecule has 4 heteroatoms. The summed E-state index contributed by atoms with van der Waals surface area (Å²) in [6.45, 7) is 1.97. The fourth-order valence-electron chi connectivity index (χ4n) is 2.95. The van der Waals surface area contributed by atoms with Crippen LogP contribution in [0.15, 0.2) is 24.3 Å². The van der Waals surface area contributed by atoms with E-state index in [2.05, 4.69) is 5.32 Å². The summed E-state index contributed by atoms with van der Waals surface area (Å²) >= 11 is 0. The maximum Gasteiger partial charge on any atom is 0.158 e. The van der Waals surface area contributed by atoms with Gasteiger partial charge in [0.05, 0.1) is 11.0 Å². The molecule has 0 amide bonds. The molecule has 1 saturated carbocycles. The van der Waals surface area contributed by atoms with Gasteiger partial charge in [-0.05, 0) is 37.9 Å². The molecule has 2 unspecified atom stereocenters. The zero-order chi connectivity index (χ0) is 13.9. The third kappa shape index (κ3) is 3.37. The molecule has 0 saturated heterocycles. The average molecular weight is 281 g/mol. The molecule has 0 aliphatic heterocycles. The second-order valence-corrected chi connectivity index (χ2v) is 7.67. The highest BCUT2D eigenvalue weighted by Gasteiger charge is 2.34. The molecule has 2 rings (SSSR count). The highest BCUT2D eigenvalue weighted by molar-refractivity contribution is 7.91. The highest BCUT2D eigenvalue weighted by Crippen LogP contribution is 2.27. The fraction of sp³-hybridized carbons (Fsp3) is 0.600. The molecule has 1 aliphatic rings. The number of hydrogen-bond acceptors (Lipinski definition) is 3. The maximum absolute atomic E-state index is 12.6. The lowest BCUT2D eigenvalue weighted by atomic mass is 9.95. The number of nitrogens with one attached hydrogen (secondary N) is 1. The molecule has 106 valence electrons. The van der Waals surface area contributed by atoms with Crippen molar-refractivity contribution in [3.63, 3.8) is 0 Å². The Hall–Kier alpha value is -0.870. The molecule has 19 heavy (non-hydrogen) atoms. The Bertz CT molecular complexity index is 525. The van der Waals surface area contributed by atoms with Gasteiger partial charge >= 0.3 is 0 Å². The summed E-state index contributed by atoms with van der Waals surface area (Å²) in [4.78, 5) is 0. The van der Waals surface area contributed by atoms with E-state index in [0.29, 0.717) is 0 Å². The molecule has 1 aromatic rings. The minimum atomic E-state index is -3.08. The Morgan fingerprint density at radius 2 is 1.89 bits per heavy atom. The predicted octanol–water partition coefficient (Wildman–Crippen LogP) is 2.44. The summed E-state index contributed by atoms with van der Waals surface area (Å²) in [6, 6.07) is 7.87. The minimum Gasteiger partial charge on any atom is -0.316 e. The first-order valence-electron chi connectivity index (χ1n) is 6.98. The van der Waals surface area contributed by atoms with Crippen molar-refractivity contribution < 1.29 is 8.42 Å². The molecule has 3 nitrogen and oxygen atoms in total. The van der Waals surface area contributed by atoms with Crippen LogP contribution in [0.5, 0.6) is 0 Å². The Labute approximate surface area is 116 Å². The second-order valence-electron chi connectivity index (χ2n) is 5.45. The van der Waals surface area contributed by atoms with Crippen molar-refractivity contribution >= 4 is 9.84 Å². The Morgan fingerprint density at radius 3 is 2.58 bits per heavy atom. The SMILES string of the molecule is CNC1CCCCC1S(=O)(=O)Cc1ccccc1C. The Kier molecular flexibility index (Phi) is 4.63. The maximum atomic E-state index is 12.6. The van der Waals surface area contributed by atoms with E-state index < -0.39 is 9.84 Å². The summed E-state index contributed by atoms with van der Waals surface area (Å²) in [5.41, 5.74) is 1.99. The topological polar surface area (TPSA) is 46.2 Å². The predicted molar refractivity (Wildman–Crippen MR) is 78.9 cm³/mol. The summed E-state index contributed by atoms with van der Waals surface area (Å²) in [5.74, 6) is 0.169. The highest BCUT2D eigenvalue weighted by atomic mass is 32.2. The van der Waals surface area contributed by atoms with Crippen LogP contribution >= 0.6 is 0 Å². The molecule has 1 aromatic carbocycles. The first-order valence-corrected chi connectivity index (χ1v) is 8.69. The van der Waals surface area contributed by atoms with Gasteiger partial charge in [-0.2, -0.15) is 0 Å². The Balaban J connectivity index is 2.20. The van der Waals surface area contributed by atoms with E-state index >= 15 is 0 Å². The van der Waals surface area contributed by atoms with Crippen LogP contribution in [0.3, 0.4) is 0 Å². The van der Waals surface area contributed by atoms with Crippen molar-refractivity contribution in [2.45, 2.75) is 49.7 Å². The molecule has 1 aliphatic carbocycles. The minimum absolute atomic E-state index is 0.114. The molecule has 0 aromatic heterocycles. The van der Waals surface area contributed by atoms with Crippen LogP contribution in [0.2, 0.25) is 0 Å². The van der Waals surface area contributed by atoms with Gasteiger partial charge in [0.25, 0.3) is 0 Å². The molecule has 2 atom stereocenters. The van der Waals surface area contributed by atoms with Gasteiger partial charge in [0.1, 0.15) is 0 Å². The molecular weight excluding hydrogens is 258 g/mol. The molecule has 0 heterocycles. The number of sulfone groups is 1. The van der Waals surface area contributed by atoms with Gasteiger partial charge in [0, 0.05) is 6.04 Å². The quantitative estimate of drug-likeness (QED) is 0.922. The van der Waals surface area contributed by atoms with Crippen molar-refractivity contribution in [1.82, 2.24) is 5.32 Å². The van der Waals surface area contributed by atoms with Crippen molar-refractivity contribution in [3.05, 3.63) is 35.4 Å². The first-order chi connectivity index (χ1) is 9.04. The zero-order valence-electron chi connectivity index (χ0n) is 11.7. The molecule has 1 N–H and O–H groups in total.